The number of hydrogen-bond donors (Lipinski definition) is 2. The lowest BCUT2D eigenvalue weighted by molar-refractivity contribution is 0.154. The highest BCUT2D eigenvalue weighted by molar-refractivity contribution is 5.66. The fraction of sp³-hybridized carbons (Fsp3) is 0.294. The van der Waals surface area contributed by atoms with Crippen molar-refractivity contribution in [2.24, 2.45) is 0 Å². The number of likely N-dealkylation sites (tertiary alicyclic amines) is 1. The average Bonchev–Trinajstić information content (AvgIpc) is 3.03. The number of hydrogen-bond acceptors (Lipinski definition) is 3. The van der Waals surface area contributed by atoms with E-state index in [0.29, 0.717) is 19.6 Å². The van der Waals surface area contributed by atoms with Crippen molar-refractivity contribution >= 4 is 6.09 Å². The van der Waals surface area contributed by atoms with Crippen LogP contribution in [0.4, 0.5) is 4.79 Å². The lowest BCUT2D eigenvalue weighted by atomic mass is 10.0. The quantitative estimate of drug-likeness (QED) is 0.910. The van der Waals surface area contributed by atoms with E-state index in [2.05, 4.69) is 28.5 Å². The van der Waals surface area contributed by atoms with Gasteiger partial charge in [0.15, 0.2) is 0 Å². The van der Waals surface area contributed by atoms with E-state index >= 15 is 0 Å². The fourth-order valence-electron chi connectivity index (χ4n) is 2.80. The molecule has 1 aliphatic rings. The van der Waals surface area contributed by atoms with Crippen LogP contribution in [0.2, 0.25) is 0 Å². The topological polar surface area (TPSA) is 65.5 Å². The van der Waals surface area contributed by atoms with Gasteiger partial charge in [0, 0.05) is 37.4 Å². The van der Waals surface area contributed by atoms with E-state index in [4.69, 9.17) is 5.11 Å². The number of benzene rings is 1. The normalized spacial score (nSPS) is 17.6. The molecule has 1 aromatic carbocycles. The maximum Gasteiger partial charge on any atom is 0.407 e. The smallest absolute Gasteiger partial charge is 0.407 e. The monoisotopic (exact) mass is 297 g/mol. The van der Waals surface area contributed by atoms with Gasteiger partial charge in [-0.05, 0) is 18.1 Å². The van der Waals surface area contributed by atoms with Crippen LogP contribution < -0.4 is 5.32 Å². The number of nitrogens with zero attached hydrogens (tertiary/aromatic N) is 2. The Kier molecular flexibility index (Phi) is 4.34. The summed E-state index contributed by atoms with van der Waals surface area (Å²) in [6.45, 7) is 1.78. The molecule has 1 amide bonds. The molecule has 2 N–H and O–H groups in total. The lowest BCUT2D eigenvalue weighted by Crippen LogP contribution is -2.34. The van der Waals surface area contributed by atoms with Gasteiger partial charge in [0.2, 0.25) is 0 Å². The Morgan fingerprint density at radius 1 is 1.27 bits per heavy atom. The Hall–Kier alpha value is -2.40. The van der Waals surface area contributed by atoms with Crippen LogP contribution in [-0.2, 0) is 6.54 Å². The molecule has 0 saturated carbocycles. The van der Waals surface area contributed by atoms with Gasteiger partial charge in [-0.15, -0.1) is 0 Å². The van der Waals surface area contributed by atoms with Gasteiger partial charge in [-0.2, -0.15) is 0 Å². The Morgan fingerprint density at radius 3 is 2.82 bits per heavy atom. The summed E-state index contributed by atoms with van der Waals surface area (Å²) in [6.07, 6.45) is 1.80. The summed E-state index contributed by atoms with van der Waals surface area (Å²) in [5.74, 6) is 0. The highest BCUT2D eigenvalue weighted by Crippen LogP contribution is 2.22. The molecule has 114 valence electrons. The second-order valence-corrected chi connectivity index (χ2v) is 5.46. The molecule has 1 fully saturated rings. The summed E-state index contributed by atoms with van der Waals surface area (Å²) in [7, 11) is 0. The zero-order valence-electron chi connectivity index (χ0n) is 12.3. The van der Waals surface area contributed by atoms with E-state index in [1.807, 2.05) is 24.3 Å². The van der Waals surface area contributed by atoms with Gasteiger partial charge in [0.25, 0.3) is 0 Å². The number of aromatic nitrogens is 1. The van der Waals surface area contributed by atoms with Gasteiger partial charge in [-0.3, -0.25) is 4.98 Å². The Balaban J connectivity index is 1.68. The summed E-state index contributed by atoms with van der Waals surface area (Å²) in [4.78, 5) is 16.9. The molecule has 22 heavy (non-hydrogen) atoms. The minimum atomic E-state index is -0.841. The van der Waals surface area contributed by atoms with Crippen LogP contribution in [0.3, 0.4) is 0 Å². The highest BCUT2D eigenvalue weighted by Gasteiger charge is 2.25. The minimum Gasteiger partial charge on any atom is -0.465 e. The lowest BCUT2D eigenvalue weighted by Gasteiger charge is -2.15. The van der Waals surface area contributed by atoms with Gasteiger partial charge in [0.1, 0.15) is 0 Å². The second kappa shape index (κ2) is 6.58. The molecular formula is C17H19N3O2. The van der Waals surface area contributed by atoms with Crippen molar-refractivity contribution in [1.29, 1.82) is 0 Å². The molecule has 2 aromatic rings. The van der Waals surface area contributed by atoms with Crippen LogP contribution in [-0.4, -0.2) is 40.2 Å². The van der Waals surface area contributed by atoms with Gasteiger partial charge < -0.3 is 15.3 Å². The van der Waals surface area contributed by atoms with Crippen molar-refractivity contribution in [3.63, 3.8) is 0 Å². The van der Waals surface area contributed by atoms with Crippen molar-refractivity contribution in [2.45, 2.75) is 19.0 Å². The van der Waals surface area contributed by atoms with Crippen molar-refractivity contribution < 1.29 is 9.90 Å². The molecule has 3 rings (SSSR count). The van der Waals surface area contributed by atoms with E-state index in [9.17, 15) is 4.79 Å². The standard InChI is InChI=1S/C17H19N3O2/c21-17(22)20-10-8-14(12-20)19-11-16-15(7-4-9-18-16)13-5-2-1-3-6-13/h1-7,9,14,19H,8,10-12H2,(H,21,22)/t14-/m0/s1. The molecule has 5 nitrogen and oxygen atoms in total. The molecule has 0 aliphatic carbocycles. The molecule has 1 aliphatic heterocycles. The Labute approximate surface area is 129 Å². The van der Waals surface area contributed by atoms with Crippen molar-refractivity contribution in [1.82, 2.24) is 15.2 Å². The SMILES string of the molecule is O=C(O)N1CC[C@H](NCc2ncccc2-c2ccccc2)C1. The van der Waals surface area contributed by atoms with Crippen molar-refractivity contribution in [2.75, 3.05) is 13.1 Å². The summed E-state index contributed by atoms with van der Waals surface area (Å²) >= 11 is 0. The zero-order chi connectivity index (χ0) is 15.4. The van der Waals surface area contributed by atoms with E-state index in [-0.39, 0.29) is 6.04 Å². The third kappa shape index (κ3) is 3.26. The number of rotatable bonds is 4. The molecule has 1 aromatic heterocycles. The van der Waals surface area contributed by atoms with Crippen LogP contribution in [0.25, 0.3) is 11.1 Å². The van der Waals surface area contributed by atoms with Gasteiger partial charge in [-0.1, -0.05) is 36.4 Å². The molecular weight excluding hydrogens is 278 g/mol. The first-order valence-electron chi connectivity index (χ1n) is 7.44. The Morgan fingerprint density at radius 2 is 2.09 bits per heavy atom. The maximum absolute atomic E-state index is 10.9. The van der Waals surface area contributed by atoms with E-state index in [1.54, 1.807) is 6.20 Å². The third-order valence-corrected chi connectivity index (χ3v) is 3.99. The molecule has 0 unspecified atom stereocenters. The predicted octanol–water partition coefficient (Wildman–Crippen LogP) is 2.59. The predicted molar refractivity (Wildman–Crippen MR) is 84.5 cm³/mol. The first kappa shape index (κ1) is 14.5. The summed E-state index contributed by atoms with van der Waals surface area (Å²) in [5.41, 5.74) is 3.25. The first-order chi connectivity index (χ1) is 10.7. The third-order valence-electron chi connectivity index (χ3n) is 3.99. The van der Waals surface area contributed by atoms with E-state index in [1.165, 1.54) is 4.90 Å². The molecule has 5 heteroatoms. The molecule has 0 radical (unpaired) electrons. The second-order valence-electron chi connectivity index (χ2n) is 5.46. The summed E-state index contributed by atoms with van der Waals surface area (Å²) in [6, 6.07) is 14.4. The van der Waals surface area contributed by atoms with Crippen LogP contribution in [0, 0.1) is 0 Å². The van der Waals surface area contributed by atoms with Gasteiger partial charge in [-0.25, -0.2) is 4.79 Å². The van der Waals surface area contributed by atoms with E-state index < -0.39 is 6.09 Å². The number of amides is 1. The van der Waals surface area contributed by atoms with Crippen LogP contribution >= 0.6 is 0 Å². The maximum atomic E-state index is 10.9. The summed E-state index contributed by atoms with van der Waals surface area (Å²) in [5, 5.41) is 12.4. The van der Waals surface area contributed by atoms with Crippen LogP contribution in [0.5, 0.6) is 0 Å². The summed E-state index contributed by atoms with van der Waals surface area (Å²) < 4.78 is 0. The zero-order valence-corrected chi connectivity index (χ0v) is 12.3. The van der Waals surface area contributed by atoms with Crippen LogP contribution in [0.15, 0.2) is 48.7 Å². The van der Waals surface area contributed by atoms with Crippen LogP contribution in [0.1, 0.15) is 12.1 Å². The van der Waals surface area contributed by atoms with Crippen molar-refractivity contribution in [3.8, 4) is 11.1 Å². The molecule has 1 saturated heterocycles. The molecule has 1 atom stereocenters. The first-order valence-corrected chi connectivity index (χ1v) is 7.44. The molecule has 0 spiro atoms. The minimum absolute atomic E-state index is 0.196. The van der Waals surface area contributed by atoms with Gasteiger partial charge in [0.05, 0.1) is 5.69 Å². The molecule has 2 heterocycles. The van der Waals surface area contributed by atoms with Gasteiger partial charge >= 0.3 is 6.09 Å². The molecule has 0 bridgehead atoms. The largest absolute Gasteiger partial charge is 0.465 e. The van der Waals surface area contributed by atoms with E-state index in [0.717, 1.165) is 23.2 Å². The number of pyridine rings is 1. The fourth-order valence-corrected chi connectivity index (χ4v) is 2.80. The average molecular weight is 297 g/mol. The van der Waals surface area contributed by atoms with Crippen molar-refractivity contribution in [3.05, 3.63) is 54.4 Å². The number of carboxylic acid groups (broad SMARTS) is 1. The number of carbonyl (C=O) groups is 1. The Bertz CT molecular complexity index is 645. The number of nitrogens with one attached hydrogen (secondary N) is 1. The highest BCUT2D eigenvalue weighted by atomic mass is 16.4.